The summed E-state index contributed by atoms with van der Waals surface area (Å²) in [6.45, 7) is 2.03. The van der Waals surface area contributed by atoms with Crippen molar-refractivity contribution in [2.24, 2.45) is 0 Å². The Morgan fingerprint density at radius 2 is 1.71 bits per heavy atom. The molecule has 0 amide bonds. The quantitative estimate of drug-likeness (QED) is 0.636. The van der Waals surface area contributed by atoms with Gasteiger partial charge in [-0.25, -0.2) is 4.39 Å². The molecule has 0 bridgehead atoms. The van der Waals surface area contributed by atoms with Gasteiger partial charge in [0.15, 0.2) is 0 Å². The van der Waals surface area contributed by atoms with Gasteiger partial charge in [0.2, 0.25) is 0 Å². The van der Waals surface area contributed by atoms with Crippen LogP contribution >= 0.6 is 0 Å². The highest BCUT2D eigenvalue weighted by molar-refractivity contribution is 5.63. The molecule has 0 aliphatic rings. The van der Waals surface area contributed by atoms with Gasteiger partial charge < -0.3 is 0 Å². The van der Waals surface area contributed by atoms with E-state index in [0.29, 0.717) is 0 Å². The molecule has 0 aliphatic heterocycles. The first-order valence-corrected chi connectivity index (χ1v) is 4.50. The molecular weight excluding hydrogens is 175 g/mol. The summed E-state index contributed by atoms with van der Waals surface area (Å²) in [5.74, 6) is -0.317. The number of benzene rings is 2. The van der Waals surface area contributed by atoms with Crippen LogP contribution in [0.5, 0.6) is 0 Å². The second-order valence-corrected chi connectivity index (χ2v) is 3.29. The number of hydrogen-bond acceptors (Lipinski definition) is 0. The van der Waals surface area contributed by atoms with Crippen LogP contribution in [-0.4, -0.2) is 0 Å². The lowest BCUT2D eigenvalue weighted by molar-refractivity contribution is 0.626. The number of halogens is 1. The monoisotopic (exact) mass is 185 g/mol. The standard InChI is InChI=1S/C13H10F/c1-10-5-7-11(8-6-10)12-3-2-4-13(14)9-12/h2-3,5-9H,1H3. The van der Waals surface area contributed by atoms with Crippen LogP contribution < -0.4 is 0 Å². The summed E-state index contributed by atoms with van der Waals surface area (Å²) in [7, 11) is 0. The van der Waals surface area contributed by atoms with E-state index in [1.807, 2.05) is 37.3 Å². The molecule has 0 nitrogen and oxygen atoms in total. The molecule has 0 aromatic heterocycles. The van der Waals surface area contributed by atoms with Crippen molar-refractivity contribution in [3.8, 4) is 11.1 Å². The largest absolute Gasteiger partial charge is 0.206 e. The average molecular weight is 185 g/mol. The lowest BCUT2D eigenvalue weighted by Gasteiger charge is -2.01. The topological polar surface area (TPSA) is 0 Å². The molecule has 1 radical (unpaired) electrons. The molecule has 0 atom stereocenters. The Balaban J connectivity index is 2.44. The Morgan fingerprint density at radius 3 is 2.36 bits per heavy atom. The summed E-state index contributed by atoms with van der Waals surface area (Å²) < 4.78 is 12.9. The van der Waals surface area contributed by atoms with Crippen molar-refractivity contribution in [2.45, 2.75) is 6.92 Å². The lowest BCUT2D eigenvalue weighted by Crippen LogP contribution is -1.80. The molecule has 0 spiro atoms. The molecule has 2 aromatic carbocycles. The maximum atomic E-state index is 12.9. The van der Waals surface area contributed by atoms with Gasteiger partial charge in [0.05, 0.1) is 0 Å². The molecule has 2 rings (SSSR count). The maximum Gasteiger partial charge on any atom is 0.131 e. The fourth-order valence-corrected chi connectivity index (χ4v) is 1.36. The Hall–Kier alpha value is -1.63. The highest BCUT2D eigenvalue weighted by Gasteiger charge is 1.98. The first-order valence-electron chi connectivity index (χ1n) is 4.50. The summed E-state index contributed by atoms with van der Waals surface area (Å²) >= 11 is 0. The van der Waals surface area contributed by atoms with E-state index in [0.717, 1.165) is 11.1 Å². The Kier molecular flexibility index (Phi) is 2.32. The van der Waals surface area contributed by atoms with Gasteiger partial charge in [-0.3, -0.25) is 0 Å². The van der Waals surface area contributed by atoms with Gasteiger partial charge in [0.25, 0.3) is 0 Å². The van der Waals surface area contributed by atoms with Crippen LogP contribution in [0.4, 0.5) is 4.39 Å². The van der Waals surface area contributed by atoms with Crippen LogP contribution in [0, 0.1) is 18.8 Å². The molecule has 0 saturated carbocycles. The zero-order chi connectivity index (χ0) is 9.97. The predicted molar refractivity (Wildman–Crippen MR) is 55.4 cm³/mol. The summed E-state index contributed by atoms with van der Waals surface area (Å²) in [6, 6.07) is 15.4. The van der Waals surface area contributed by atoms with Crippen molar-refractivity contribution in [2.75, 3.05) is 0 Å². The van der Waals surface area contributed by atoms with E-state index < -0.39 is 0 Å². The smallest absolute Gasteiger partial charge is 0.131 e. The number of aryl methyl sites for hydroxylation is 1. The van der Waals surface area contributed by atoms with Crippen molar-refractivity contribution < 1.29 is 4.39 Å². The molecule has 0 N–H and O–H groups in total. The minimum Gasteiger partial charge on any atom is -0.206 e. The molecule has 0 fully saturated rings. The number of rotatable bonds is 1. The van der Waals surface area contributed by atoms with Crippen molar-refractivity contribution in [3.63, 3.8) is 0 Å². The minimum atomic E-state index is -0.317. The van der Waals surface area contributed by atoms with E-state index >= 15 is 0 Å². The molecule has 1 heteroatoms. The van der Waals surface area contributed by atoms with Gasteiger partial charge in [0, 0.05) is 6.07 Å². The van der Waals surface area contributed by atoms with E-state index in [1.54, 1.807) is 6.07 Å². The molecule has 69 valence electrons. The van der Waals surface area contributed by atoms with Crippen LogP contribution in [0.2, 0.25) is 0 Å². The molecule has 2 aromatic rings. The molecule has 0 unspecified atom stereocenters. The molecule has 0 heterocycles. The molecular formula is C13H10F. The van der Waals surface area contributed by atoms with Crippen molar-refractivity contribution >= 4 is 0 Å². The normalized spacial score (nSPS) is 10.1. The fourth-order valence-electron chi connectivity index (χ4n) is 1.36. The third-order valence-electron chi connectivity index (χ3n) is 2.15. The van der Waals surface area contributed by atoms with Crippen LogP contribution in [0.15, 0.2) is 42.5 Å². The minimum absolute atomic E-state index is 0.317. The van der Waals surface area contributed by atoms with Crippen molar-refractivity contribution in [3.05, 3.63) is 59.9 Å². The second-order valence-electron chi connectivity index (χ2n) is 3.29. The van der Waals surface area contributed by atoms with Crippen molar-refractivity contribution in [1.82, 2.24) is 0 Å². The maximum absolute atomic E-state index is 12.9. The van der Waals surface area contributed by atoms with E-state index in [2.05, 4.69) is 6.07 Å². The second kappa shape index (κ2) is 3.62. The van der Waals surface area contributed by atoms with Crippen LogP contribution in [-0.2, 0) is 0 Å². The third kappa shape index (κ3) is 1.82. The summed E-state index contributed by atoms with van der Waals surface area (Å²) in [5, 5.41) is 0. The Labute approximate surface area is 83.0 Å². The Bertz CT molecular complexity index is 429. The van der Waals surface area contributed by atoms with Crippen LogP contribution in [0.1, 0.15) is 5.56 Å². The van der Waals surface area contributed by atoms with Crippen molar-refractivity contribution in [1.29, 1.82) is 0 Å². The zero-order valence-corrected chi connectivity index (χ0v) is 7.92. The average Bonchev–Trinajstić information content (AvgIpc) is 2.19. The SMILES string of the molecule is Cc1ccc(-c2cc[c]c(F)c2)cc1. The van der Waals surface area contributed by atoms with Gasteiger partial charge in [-0.2, -0.15) is 0 Å². The third-order valence-corrected chi connectivity index (χ3v) is 2.15. The lowest BCUT2D eigenvalue weighted by atomic mass is 10.0. The predicted octanol–water partition coefficient (Wildman–Crippen LogP) is 3.60. The zero-order valence-electron chi connectivity index (χ0n) is 7.92. The molecule has 14 heavy (non-hydrogen) atoms. The van der Waals surface area contributed by atoms with Gasteiger partial charge in [0.1, 0.15) is 5.82 Å². The van der Waals surface area contributed by atoms with E-state index in [-0.39, 0.29) is 5.82 Å². The van der Waals surface area contributed by atoms with Gasteiger partial charge in [-0.05, 0) is 24.1 Å². The van der Waals surface area contributed by atoms with Gasteiger partial charge in [-0.15, -0.1) is 0 Å². The van der Waals surface area contributed by atoms with E-state index in [1.165, 1.54) is 11.6 Å². The first kappa shape index (κ1) is 8.95. The van der Waals surface area contributed by atoms with Crippen LogP contribution in [0.25, 0.3) is 11.1 Å². The summed E-state index contributed by atoms with van der Waals surface area (Å²) in [6.07, 6.45) is 0. The summed E-state index contributed by atoms with van der Waals surface area (Å²) in [4.78, 5) is 0. The van der Waals surface area contributed by atoms with Gasteiger partial charge >= 0.3 is 0 Å². The van der Waals surface area contributed by atoms with Gasteiger partial charge in [-0.1, -0.05) is 42.0 Å². The highest BCUT2D eigenvalue weighted by Crippen LogP contribution is 2.19. The van der Waals surface area contributed by atoms with Crippen LogP contribution in [0.3, 0.4) is 0 Å². The summed E-state index contributed by atoms with van der Waals surface area (Å²) in [5.41, 5.74) is 3.13. The highest BCUT2D eigenvalue weighted by atomic mass is 19.1. The Morgan fingerprint density at radius 1 is 1.00 bits per heavy atom. The van der Waals surface area contributed by atoms with E-state index in [4.69, 9.17) is 0 Å². The first-order chi connectivity index (χ1) is 6.75. The van der Waals surface area contributed by atoms with E-state index in [9.17, 15) is 4.39 Å². The molecule has 0 saturated heterocycles. The molecule has 0 aliphatic carbocycles. The number of hydrogen-bond donors (Lipinski definition) is 0. The fraction of sp³-hybridized carbons (Fsp3) is 0.0769.